The molecule has 0 bridgehead atoms. The lowest BCUT2D eigenvalue weighted by Crippen LogP contribution is -2.06. The lowest BCUT2D eigenvalue weighted by atomic mass is 10.1. The lowest BCUT2D eigenvalue weighted by molar-refractivity contribution is 0.354. The predicted molar refractivity (Wildman–Crippen MR) is 83.1 cm³/mol. The molecule has 112 valence electrons. The van der Waals surface area contributed by atoms with Crippen molar-refractivity contribution in [3.05, 3.63) is 41.7 Å². The zero-order chi connectivity index (χ0) is 15.1. The Labute approximate surface area is 125 Å². The largest absolute Gasteiger partial charge is 0.493 e. The highest BCUT2D eigenvalue weighted by molar-refractivity contribution is 5.42. The first-order valence-electron chi connectivity index (χ1n) is 6.96. The summed E-state index contributed by atoms with van der Waals surface area (Å²) in [4.78, 5) is 8.43. The Morgan fingerprint density at radius 3 is 2.43 bits per heavy atom. The molecule has 2 rings (SSSR count). The minimum absolute atomic E-state index is 0.674. The van der Waals surface area contributed by atoms with E-state index in [0.717, 1.165) is 36.4 Å². The zero-order valence-electron chi connectivity index (χ0n) is 12.7. The van der Waals surface area contributed by atoms with Crippen molar-refractivity contribution in [2.45, 2.75) is 19.8 Å². The van der Waals surface area contributed by atoms with Gasteiger partial charge in [0.15, 0.2) is 11.5 Å². The molecule has 1 aromatic heterocycles. The summed E-state index contributed by atoms with van der Waals surface area (Å²) < 4.78 is 10.5. The maximum atomic E-state index is 5.30. The van der Waals surface area contributed by atoms with Crippen LogP contribution in [-0.2, 0) is 6.42 Å². The SMILES string of the molecule is COc1ccc(CCCNc2ncc(C)cn2)cc1OC. The summed E-state index contributed by atoms with van der Waals surface area (Å²) >= 11 is 0. The summed E-state index contributed by atoms with van der Waals surface area (Å²) in [7, 11) is 3.29. The normalized spacial score (nSPS) is 10.2. The van der Waals surface area contributed by atoms with E-state index in [1.807, 2.05) is 31.5 Å². The number of aryl methyl sites for hydroxylation is 2. The van der Waals surface area contributed by atoms with Gasteiger partial charge in [-0.15, -0.1) is 0 Å². The third kappa shape index (κ3) is 4.34. The van der Waals surface area contributed by atoms with Crippen LogP contribution in [0, 0.1) is 6.92 Å². The van der Waals surface area contributed by atoms with Crippen molar-refractivity contribution in [3.63, 3.8) is 0 Å². The molecule has 21 heavy (non-hydrogen) atoms. The first-order valence-corrected chi connectivity index (χ1v) is 6.96. The van der Waals surface area contributed by atoms with Gasteiger partial charge in [0.1, 0.15) is 0 Å². The predicted octanol–water partition coefficient (Wildman–Crippen LogP) is 2.85. The molecule has 0 aliphatic carbocycles. The van der Waals surface area contributed by atoms with Crippen LogP contribution in [0.3, 0.4) is 0 Å². The van der Waals surface area contributed by atoms with Crippen LogP contribution in [0.1, 0.15) is 17.5 Å². The molecule has 0 saturated heterocycles. The van der Waals surface area contributed by atoms with E-state index in [9.17, 15) is 0 Å². The van der Waals surface area contributed by atoms with E-state index in [-0.39, 0.29) is 0 Å². The molecular formula is C16H21N3O2. The molecule has 0 amide bonds. The first kappa shape index (κ1) is 15.1. The summed E-state index contributed by atoms with van der Waals surface area (Å²) in [6.07, 6.45) is 5.57. The van der Waals surface area contributed by atoms with Gasteiger partial charge in [0.05, 0.1) is 14.2 Å². The minimum atomic E-state index is 0.674. The molecule has 2 aromatic rings. The van der Waals surface area contributed by atoms with Gasteiger partial charge in [-0.05, 0) is 43.0 Å². The van der Waals surface area contributed by atoms with Crippen molar-refractivity contribution < 1.29 is 9.47 Å². The molecule has 0 unspecified atom stereocenters. The molecule has 1 N–H and O–H groups in total. The van der Waals surface area contributed by atoms with Crippen LogP contribution < -0.4 is 14.8 Å². The van der Waals surface area contributed by atoms with Gasteiger partial charge in [-0.1, -0.05) is 6.07 Å². The Balaban J connectivity index is 1.82. The molecule has 0 aliphatic heterocycles. The van der Waals surface area contributed by atoms with Crippen molar-refractivity contribution in [2.24, 2.45) is 0 Å². The van der Waals surface area contributed by atoms with Gasteiger partial charge < -0.3 is 14.8 Å². The molecule has 0 radical (unpaired) electrons. The van der Waals surface area contributed by atoms with E-state index in [4.69, 9.17) is 9.47 Å². The van der Waals surface area contributed by atoms with Crippen molar-refractivity contribution >= 4 is 5.95 Å². The van der Waals surface area contributed by atoms with E-state index in [2.05, 4.69) is 21.4 Å². The Hall–Kier alpha value is -2.30. The second-order valence-electron chi connectivity index (χ2n) is 4.80. The number of nitrogens with zero attached hydrogens (tertiary/aromatic N) is 2. The average Bonchev–Trinajstić information content (AvgIpc) is 2.53. The summed E-state index contributed by atoms with van der Waals surface area (Å²) in [5.41, 5.74) is 2.28. The highest BCUT2D eigenvalue weighted by Crippen LogP contribution is 2.27. The molecule has 1 heterocycles. The van der Waals surface area contributed by atoms with Gasteiger partial charge >= 0.3 is 0 Å². The maximum Gasteiger partial charge on any atom is 0.222 e. The third-order valence-electron chi connectivity index (χ3n) is 3.15. The summed E-state index contributed by atoms with van der Waals surface area (Å²) in [5, 5.41) is 3.22. The molecular weight excluding hydrogens is 266 g/mol. The number of rotatable bonds is 7. The van der Waals surface area contributed by atoms with Gasteiger partial charge in [0.2, 0.25) is 5.95 Å². The number of nitrogens with one attached hydrogen (secondary N) is 1. The van der Waals surface area contributed by atoms with Crippen molar-refractivity contribution in [2.75, 3.05) is 26.1 Å². The Kier molecular flexibility index (Phi) is 5.37. The monoisotopic (exact) mass is 287 g/mol. The molecule has 0 fully saturated rings. The fraction of sp³-hybridized carbons (Fsp3) is 0.375. The Morgan fingerprint density at radius 1 is 1.05 bits per heavy atom. The Bertz CT molecular complexity index is 570. The molecule has 5 nitrogen and oxygen atoms in total. The van der Waals surface area contributed by atoms with Gasteiger partial charge in [-0.3, -0.25) is 0 Å². The number of aromatic nitrogens is 2. The van der Waals surface area contributed by atoms with E-state index in [1.165, 1.54) is 5.56 Å². The molecule has 5 heteroatoms. The fourth-order valence-electron chi connectivity index (χ4n) is 2.01. The highest BCUT2D eigenvalue weighted by Gasteiger charge is 2.04. The number of anilines is 1. The van der Waals surface area contributed by atoms with Gasteiger partial charge in [-0.25, -0.2) is 9.97 Å². The van der Waals surface area contributed by atoms with Crippen LogP contribution in [0.2, 0.25) is 0 Å². The van der Waals surface area contributed by atoms with Crippen molar-refractivity contribution in [1.29, 1.82) is 0 Å². The minimum Gasteiger partial charge on any atom is -0.493 e. The van der Waals surface area contributed by atoms with Gasteiger partial charge in [-0.2, -0.15) is 0 Å². The molecule has 0 atom stereocenters. The van der Waals surface area contributed by atoms with Crippen LogP contribution >= 0.6 is 0 Å². The van der Waals surface area contributed by atoms with Crippen LogP contribution in [-0.4, -0.2) is 30.7 Å². The Morgan fingerprint density at radius 2 is 1.76 bits per heavy atom. The van der Waals surface area contributed by atoms with E-state index in [1.54, 1.807) is 14.2 Å². The van der Waals surface area contributed by atoms with E-state index < -0.39 is 0 Å². The average molecular weight is 287 g/mol. The smallest absolute Gasteiger partial charge is 0.222 e. The third-order valence-corrected chi connectivity index (χ3v) is 3.15. The van der Waals surface area contributed by atoms with Gasteiger partial charge in [0.25, 0.3) is 0 Å². The van der Waals surface area contributed by atoms with Crippen molar-refractivity contribution in [3.8, 4) is 11.5 Å². The second kappa shape index (κ2) is 7.47. The number of ether oxygens (including phenoxy) is 2. The fourth-order valence-corrected chi connectivity index (χ4v) is 2.01. The quantitative estimate of drug-likeness (QED) is 0.794. The topological polar surface area (TPSA) is 56.3 Å². The van der Waals surface area contributed by atoms with Crippen LogP contribution in [0.4, 0.5) is 5.95 Å². The number of benzene rings is 1. The van der Waals surface area contributed by atoms with E-state index >= 15 is 0 Å². The van der Waals surface area contributed by atoms with Crippen LogP contribution in [0.5, 0.6) is 11.5 Å². The van der Waals surface area contributed by atoms with Crippen LogP contribution in [0.15, 0.2) is 30.6 Å². The van der Waals surface area contributed by atoms with Gasteiger partial charge in [0, 0.05) is 18.9 Å². The second-order valence-corrected chi connectivity index (χ2v) is 4.80. The highest BCUT2D eigenvalue weighted by atomic mass is 16.5. The number of methoxy groups -OCH3 is 2. The number of hydrogen-bond acceptors (Lipinski definition) is 5. The summed E-state index contributed by atoms with van der Waals surface area (Å²) in [6, 6.07) is 6.01. The zero-order valence-corrected chi connectivity index (χ0v) is 12.7. The first-order chi connectivity index (χ1) is 10.2. The summed E-state index contributed by atoms with van der Waals surface area (Å²) in [5.74, 6) is 2.20. The number of hydrogen-bond donors (Lipinski definition) is 1. The molecule has 0 spiro atoms. The molecule has 0 aliphatic rings. The summed E-state index contributed by atoms with van der Waals surface area (Å²) in [6.45, 7) is 2.80. The lowest BCUT2D eigenvalue weighted by Gasteiger charge is -2.10. The standard InChI is InChI=1S/C16H21N3O2/c1-12-10-18-16(19-11-12)17-8-4-5-13-6-7-14(20-2)15(9-13)21-3/h6-7,9-11H,4-5,8H2,1-3H3,(H,17,18,19). The molecule has 1 aromatic carbocycles. The van der Waals surface area contributed by atoms with E-state index in [0.29, 0.717) is 5.95 Å². The molecule has 0 saturated carbocycles. The van der Waals surface area contributed by atoms with Crippen LogP contribution in [0.25, 0.3) is 0 Å². The van der Waals surface area contributed by atoms with Crippen molar-refractivity contribution in [1.82, 2.24) is 9.97 Å². The maximum absolute atomic E-state index is 5.30.